The number of nitrogens with one attached hydrogen (secondary N) is 3. The standard InChI is InChI=1S/C40H37N3O4/c1-41-38(45)36(42-39(46)47-27-35-33-23-13-11-21-31(33)32-22-12-14-24-34(32)35)25-26-37(44)43-40(28-15-5-2-6-16-28,29-17-7-3-8-18-29)30-19-9-4-10-20-30/h2-24,35-36H,25-27H2,1H3,(H,41,45)(H,42,46)(H,43,44)/t36-/m0/s1. The first-order valence-electron chi connectivity index (χ1n) is 15.8. The Balaban J connectivity index is 1.17. The summed E-state index contributed by atoms with van der Waals surface area (Å²) in [5.41, 5.74) is 6.15. The fraction of sp³-hybridized carbons (Fsp3) is 0.175. The fourth-order valence-corrected chi connectivity index (χ4v) is 6.55. The van der Waals surface area contributed by atoms with Gasteiger partial charge in [0.15, 0.2) is 0 Å². The van der Waals surface area contributed by atoms with Gasteiger partial charge in [-0.2, -0.15) is 0 Å². The summed E-state index contributed by atoms with van der Waals surface area (Å²) in [7, 11) is 1.50. The summed E-state index contributed by atoms with van der Waals surface area (Å²) < 4.78 is 5.70. The third-order valence-electron chi connectivity index (χ3n) is 8.81. The molecular formula is C40H37N3O4. The quantitative estimate of drug-likeness (QED) is 0.146. The number of likely N-dealkylation sites (N-methyl/N-ethyl adjacent to an activating group) is 1. The van der Waals surface area contributed by atoms with Crippen molar-refractivity contribution in [2.45, 2.75) is 30.3 Å². The maximum atomic E-state index is 13.8. The van der Waals surface area contributed by atoms with E-state index in [9.17, 15) is 14.4 Å². The second-order valence-electron chi connectivity index (χ2n) is 11.6. The number of hydrogen-bond acceptors (Lipinski definition) is 4. The van der Waals surface area contributed by atoms with E-state index in [0.29, 0.717) is 0 Å². The summed E-state index contributed by atoms with van der Waals surface area (Å²) in [5.74, 6) is -0.795. The number of benzene rings is 5. The topological polar surface area (TPSA) is 96.5 Å². The minimum absolute atomic E-state index is 0.0179. The van der Waals surface area contributed by atoms with Crippen LogP contribution < -0.4 is 16.0 Å². The molecule has 0 aromatic heterocycles. The Labute approximate surface area is 275 Å². The van der Waals surface area contributed by atoms with Crippen LogP contribution in [-0.4, -0.2) is 37.6 Å². The second kappa shape index (κ2) is 14.2. The lowest BCUT2D eigenvalue weighted by Crippen LogP contribution is -2.49. The zero-order chi connectivity index (χ0) is 32.6. The van der Waals surface area contributed by atoms with Gasteiger partial charge in [0.1, 0.15) is 18.2 Å². The predicted octanol–water partition coefficient (Wildman–Crippen LogP) is 6.53. The molecule has 3 amide bonds. The summed E-state index contributed by atoms with van der Waals surface area (Å²) in [6.07, 6.45) is -0.659. The number of ether oxygens (including phenoxy) is 1. The fourth-order valence-electron chi connectivity index (χ4n) is 6.55. The Morgan fingerprint density at radius 1 is 0.660 bits per heavy atom. The molecule has 1 atom stereocenters. The highest BCUT2D eigenvalue weighted by Crippen LogP contribution is 2.44. The van der Waals surface area contributed by atoms with E-state index in [4.69, 9.17) is 4.74 Å². The molecule has 0 radical (unpaired) electrons. The molecule has 0 aliphatic heterocycles. The first kappa shape index (κ1) is 31.3. The number of amides is 3. The average molecular weight is 624 g/mol. The predicted molar refractivity (Wildman–Crippen MR) is 183 cm³/mol. The Morgan fingerprint density at radius 3 is 1.57 bits per heavy atom. The van der Waals surface area contributed by atoms with Crippen molar-refractivity contribution in [2.24, 2.45) is 0 Å². The first-order valence-corrected chi connectivity index (χ1v) is 15.8. The molecule has 6 rings (SSSR count). The molecule has 3 N–H and O–H groups in total. The number of fused-ring (bicyclic) bond motifs is 3. The molecule has 5 aromatic carbocycles. The molecule has 0 saturated heterocycles. The van der Waals surface area contributed by atoms with Gasteiger partial charge in [-0.25, -0.2) is 4.79 Å². The van der Waals surface area contributed by atoms with E-state index in [0.717, 1.165) is 38.9 Å². The monoisotopic (exact) mass is 623 g/mol. The number of carbonyl (C=O) groups excluding carboxylic acids is 3. The Morgan fingerprint density at radius 2 is 1.11 bits per heavy atom. The van der Waals surface area contributed by atoms with Gasteiger partial charge in [-0.05, 0) is 45.4 Å². The Kier molecular flexibility index (Phi) is 9.43. The molecule has 0 bridgehead atoms. The summed E-state index contributed by atoms with van der Waals surface area (Å²) in [6.45, 7) is 0.120. The molecule has 0 saturated carbocycles. The van der Waals surface area contributed by atoms with Gasteiger partial charge in [0.2, 0.25) is 11.8 Å². The van der Waals surface area contributed by atoms with E-state index in [1.54, 1.807) is 0 Å². The van der Waals surface area contributed by atoms with Gasteiger partial charge in [0, 0.05) is 19.4 Å². The van der Waals surface area contributed by atoms with Gasteiger partial charge in [-0.1, -0.05) is 140 Å². The van der Waals surface area contributed by atoms with Crippen LogP contribution in [0.1, 0.15) is 46.6 Å². The van der Waals surface area contributed by atoms with Crippen LogP contribution in [-0.2, 0) is 19.9 Å². The van der Waals surface area contributed by atoms with Crippen molar-refractivity contribution in [3.63, 3.8) is 0 Å². The SMILES string of the molecule is CNC(=O)[C@H](CCC(=O)NC(c1ccccc1)(c1ccccc1)c1ccccc1)NC(=O)OCC1c2ccccc2-c2ccccc21. The van der Waals surface area contributed by atoms with E-state index in [2.05, 4.69) is 28.1 Å². The van der Waals surface area contributed by atoms with Crippen LogP contribution in [0.25, 0.3) is 11.1 Å². The molecular weight excluding hydrogens is 586 g/mol. The van der Waals surface area contributed by atoms with Gasteiger partial charge in [-0.3, -0.25) is 9.59 Å². The number of alkyl carbamates (subject to hydrolysis) is 1. The minimum atomic E-state index is -0.983. The third-order valence-corrected chi connectivity index (χ3v) is 8.81. The summed E-state index contributed by atoms with van der Waals surface area (Å²) in [6, 6.07) is 44.7. The highest BCUT2D eigenvalue weighted by atomic mass is 16.5. The molecule has 0 heterocycles. The van der Waals surface area contributed by atoms with E-state index >= 15 is 0 Å². The average Bonchev–Trinajstić information content (AvgIpc) is 3.45. The van der Waals surface area contributed by atoms with Crippen LogP contribution in [0.3, 0.4) is 0 Å². The van der Waals surface area contributed by atoms with Crippen LogP contribution in [0, 0.1) is 0 Å². The van der Waals surface area contributed by atoms with Crippen LogP contribution in [0.4, 0.5) is 4.79 Å². The molecule has 47 heavy (non-hydrogen) atoms. The summed E-state index contributed by atoms with van der Waals surface area (Å²) >= 11 is 0. The molecule has 5 aromatic rings. The van der Waals surface area contributed by atoms with Crippen molar-refractivity contribution >= 4 is 17.9 Å². The van der Waals surface area contributed by atoms with Crippen LogP contribution in [0.5, 0.6) is 0 Å². The second-order valence-corrected chi connectivity index (χ2v) is 11.6. The Bertz CT molecular complexity index is 1700. The highest BCUT2D eigenvalue weighted by molar-refractivity contribution is 5.87. The van der Waals surface area contributed by atoms with E-state index < -0.39 is 23.6 Å². The van der Waals surface area contributed by atoms with Gasteiger partial charge < -0.3 is 20.7 Å². The summed E-state index contributed by atoms with van der Waals surface area (Å²) in [4.78, 5) is 39.8. The van der Waals surface area contributed by atoms with E-state index in [1.807, 2.05) is 127 Å². The summed E-state index contributed by atoms with van der Waals surface area (Å²) in [5, 5.41) is 8.61. The van der Waals surface area contributed by atoms with Crippen LogP contribution >= 0.6 is 0 Å². The van der Waals surface area contributed by atoms with Gasteiger partial charge in [-0.15, -0.1) is 0 Å². The zero-order valence-electron chi connectivity index (χ0n) is 26.2. The molecule has 0 unspecified atom stereocenters. The zero-order valence-corrected chi connectivity index (χ0v) is 26.2. The van der Waals surface area contributed by atoms with Crippen molar-refractivity contribution in [2.75, 3.05) is 13.7 Å². The van der Waals surface area contributed by atoms with Crippen LogP contribution in [0.15, 0.2) is 140 Å². The highest BCUT2D eigenvalue weighted by Gasteiger charge is 2.38. The number of carbonyl (C=O) groups is 3. The number of rotatable bonds is 11. The van der Waals surface area contributed by atoms with Crippen molar-refractivity contribution in [1.82, 2.24) is 16.0 Å². The van der Waals surface area contributed by atoms with Crippen molar-refractivity contribution in [3.05, 3.63) is 167 Å². The van der Waals surface area contributed by atoms with Crippen molar-refractivity contribution < 1.29 is 19.1 Å². The van der Waals surface area contributed by atoms with E-state index in [1.165, 1.54) is 7.05 Å². The normalized spacial score (nSPS) is 12.7. The van der Waals surface area contributed by atoms with Gasteiger partial charge >= 0.3 is 6.09 Å². The third kappa shape index (κ3) is 6.51. The molecule has 236 valence electrons. The largest absolute Gasteiger partial charge is 0.449 e. The lowest BCUT2D eigenvalue weighted by molar-refractivity contribution is -0.124. The van der Waals surface area contributed by atoms with Gasteiger partial charge in [0.05, 0.1) is 0 Å². The van der Waals surface area contributed by atoms with Crippen LogP contribution in [0.2, 0.25) is 0 Å². The van der Waals surface area contributed by atoms with Crippen molar-refractivity contribution in [1.29, 1.82) is 0 Å². The van der Waals surface area contributed by atoms with Gasteiger partial charge in [0.25, 0.3) is 0 Å². The lowest BCUT2D eigenvalue weighted by atomic mass is 9.77. The van der Waals surface area contributed by atoms with E-state index in [-0.39, 0.29) is 31.3 Å². The molecule has 1 aliphatic carbocycles. The molecule has 0 fully saturated rings. The smallest absolute Gasteiger partial charge is 0.407 e. The number of hydrogen-bond donors (Lipinski definition) is 3. The maximum Gasteiger partial charge on any atom is 0.407 e. The minimum Gasteiger partial charge on any atom is -0.449 e. The molecule has 1 aliphatic rings. The molecule has 7 nitrogen and oxygen atoms in total. The Hall–Kier alpha value is -5.69. The molecule has 0 spiro atoms. The first-order chi connectivity index (χ1) is 23.0. The molecule has 7 heteroatoms. The maximum absolute atomic E-state index is 13.8. The van der Waals surface area contributed by atoms with Crippen molar-refractivity contribution in [3.8, 4) is 11.1 Å². The lowest BCUT2D eigenvalue weighted by Gasteiger charge is -2.37.